The van der Waals surface area contributed by atoms with Crippen LogP contribution in [0.2, 0.25) is 0 Å². The second-order valence-corrected chi connectivity index (χ2v) is 6.26. The normalized spacial score (nSPS) is 10.3. The molecule has 1 N–H and O–H groups in total. The molecule has 7 nitrogen and oxygen atoms in total. The predicted octanol–water partition coefficient (Wildman–Crippen LogP) is 3.16. The number of nitrogens with one attached hydrogen (secondary N) is 1. The van der Waals surface area contributed by atoms with Crippen molar-refractivity contribution in [2.24, 2.45) is 0 Å². The van der Waals surface area contributed by atoms with E-state index in [1.54, 1.807) is 30.3 Å². The Balaban J connectivity index is 1.80. The van der Waals surface area contributed by atoms with E-state index in [1.165, 1.54) is 18.7 Å². The van der Waals surface area contributed by atoms with Gasteiger partial charge in [-0.05, 0) is 35.7 Å². The first-order valence-electron chi connectivity index (χ1n) is 8.76. The lowest BCUT2D eigenvalue weighted by Gasteiger charge is -2.11. The Kier molecular flexibility index (Phi) is 7.56. The summed E-state index contributed by atoms with van der Waals surface area (Å²) in [7, 11) is 1.25. The number of carbonyl (C=O) groups is 3. The Morgan fingerprint density at radius 1 is 0.964 bits per heavy atom. The van der Waals surface area contributed by atoms with Gasteiger partial charge in [0.1, 0.15) is 5.75 Å². The quantitative estimate of drug-likeness (QED) is 0.702. The largest absolute Gasteiger partial charge is 0.482 e. The summed E-state index contributed by atoms with van der Waals surface area (Å²) >= 11 is 0. The third-order valence-corrected chi connectivity index (χ3v) is 3.87. The SMILES string of the molecule is COC(=O)c1ccccc1NC(=O)COC(=O)COc1ccc(C(C)C)cc1. The molecule has 0 aliphatic carbocycles. The Bertz CT molecular complexity index is 829. The van der Waals surface area contributed by atoms with Crippen LogP contribution in [0.4, 0.5) is 5.69 Å². The fraction of sp³-hybridized carbons (Fsp3) is 0.286. The van der Waals surface area contributed by atoms with Crippen LogP contribution in [0.25, 0.3) is 0 Å². The van der Waals surface area contributed by atoms with Gasteiger partial charge in [0.05, 0.1) is 18.4 Å². The molecule has 0 saturated carbocycles. The summed E-state index contributed by atoms with van der Waals surface area (Å²) in [4.78, 5) is 35.4. The van der Waals surface area contributed by atoms with Crippen molar-refractivity contribution in [2.45, 2.75) is 19.8 Å². The van der Waals surface area contributed by atoms with Crippen molar-refractivity contribution < 1.29 is 28.6 Å². The fourth-order valence-electron chi connectivity index (χ4n) is 2.35. The molecular weight excluding hydrogens is 362 g/mol. The zero-order valence-corrected chi connectivity index (χ0v) is 16.1. The van der Waals surface area contributed by atoms with Gasteiger partial charge in [0.25, 0.3) is 5.91 Å². The van der Waals surface area contributed by atoms with E-state index in [1.807, 2.05) is 12.1 Å². The maximum absolute atomic E-state index is 12.0. The number of hydrogen-bond acceptors (Lipinski definition) is 6. The van der Waals surface area contributed by atoms with Gasteiger partial charge >= 0.3 is 11.9 Å². The molecule has 148 valence electrons. The number of ether oxygens (including phenoxy) is 3. The molecule has 0 aliphatic heterocycles. The Morgan fingerprint density at radius 3 is 2.29 bits per heavy atom. The van der Waals surface area contributed by atoms with Crippen LogP contribution in [-0.4, -0.2) is 38.2 Å². The Hall–Kier alpha value is -3.35. The zero-order chi connectivity index (χ0) is 20.5. The minimum atomic E-state index is -0.677. The Labute approximate surface area is 163 Å². The molecule has 2 rings (SSSR count). The summed E-state index contributed by atoms with van der Waals surface area (Å²) in [5.41, 5.74) is 1.65. The van der Waals surface area contributed by atoms with Crippen LogP contribution in [0, 0.1) is 0 Å². The number of benzene rings is 2. The van der Waals surface area contributed by atoms with Crippen LogP contribution in [0.5, 0.6) is 5.75 Å². The molecule has 28 heavy (non-hydrogen) atoms. The molecule has 0 radical (unpaired) electrons. The smallest absolute Gasteiger partial charge is 0.344 e. The molecule has 0 fully saturated rings. The predicted molar refractivity (Wildman–Crippen MR) is 103 cm³/mol. The first kappa shape index (κ1) is 21.0. The van der Waals surface area contributed by atoms with Gasteiger partial charge in [0, 0.05) is 0 Å². The molecule has 0 atom stereocenters. The lowest BCUT2D eigenvalue weighted by atomic mass is 10.0. The van der Waals surface area contributed by atoms with Crippen molar-refractivity contribution in [2.75, 3.05) is 25.6 Å². The molecule has 0 aromatic heterocycles. The third-order valence-electron chi connectivity index (χ3n) is 3.87. The summed E-state index contributed by atoms with van der Waals surface area (Å²) < 4.78 is 14.9. The van der Waals surface area contributed by atoms with Crippen molar-refractivity contribution in [3.63, 3.8) is 0 Å². The van der Waals surface area contributed by atoms with Gasteiger partial charge in [-0.1, -0.05) is 38.1 Å². The van der Waals surface area contributed by atoms with Crippen LogP contribution in [0.1, 0.15) is 35.7 Å². The third kappa shape index (κ3) is 6.12. The first-order valence-corrected chi connectivity index (χ1v) is 8.76. The standard InChI is InChI=1S/C21H23NO6/c1-14(2)15-8-10-16(11-9-15)27-13-20(24)28-12-19(23)22-18-7-5-4-6-17(18)21(25)26-3/h4-11,14H,12-13H2,1-3H3,(H,22,23). The van der Waals surface area contributed by atoms with Crippen molar-refractivity contribution >= 4 is 23.5 Å². The highest BCUT2D eigenvalue weighted by atomic mass is 16.6. The van der Waals surface area contributed by atoms with E-state index >= 15 is 0 Å². The molecule has 0 heterocycles. The summed E-state index contributed by atoms with van der Waals surface area (Å²) in [5.74, 6) is -0.889. The molecule has 2 aromatic carbocycles. The van der Waals surface area contributed by atoms with Gasteiger partial charge in [0.15, 0.2) is 13.2 Å². The number of anilines is 1. The maximum atomic E-state index is 12.0. The van der Waals surface area contributed by atoms with Crippen LogP contribution in [-0.2, 0) is 19.1 Å². The summed E-state index contributed by atoms with van der Waals surface area (Å²) in [6, 6.07) is 13.8. The van der Waals surface area contributed by atoms with E-state index in [0.29, 0.717) is 11.7 Å². The molecule has 0 bridgehead atoms. The number of carbonyl (C=O) groups excluding carboxylic acids is 3. The molecule has 2 aromatic rings. The van der Waals surface area contributed by atoms with Gasteiger partial charge in [-0.25, -0.2) is 9.59 Å². The number of para-hydroxylation sites is 1. The minimum Gasteiger partial charge on any atom is -0.482 e. The number of amides is 1. The maximum Gasteiger partial charge on any atom is 0.344 e. The number of hydrogen-bond donors (Lipinski definition) is 1. The van der Waals surface area contributed by atoms with Crippen molar-refractivity contribution in [1.29, 1.82) is 0 Å². The first-order chi connectivity index (χ1) is 13.4. The summed E-state index contributed by atoms with van der Waals surface area (Å²) in [5, 5.41) is 2.51. The van der Waals surface area contributed by atoms with Crippen LogP contribution >= 0.6 is 0 Å². The van der Waals surface area contributed by atoms with Gasteiger partial charge in [-0.3, -0.25) is 4.79 Å². The van der Waals surface area contributed by atoms with E-state index in [0.717, 1.165) is 0 Å². The van der Waals surface area contributed by atoms with Gasteiger partial charge in [-0.15, -0.1) is 0 Å². The van der Waals surface area contributed by atoms with Gasteiger partial charge in [0.2, 0.25) is 0 Å². The highest BCUT2D eigenvalue weighted by molar-refractivity contribution is 6.01. The van der Waals surface area contributed by atoms with E-state index in [9.17, 15) is 14.4 Å². The molecule has 0 spiro atoms. The number of rotatable bonds is 8. The fourth-order valence-corrected chi connectivity index (χ4v) is 2.35. The second kappa shape index (κ2) is 10.1. The van der Waals surface area contributed by atoms with Gasteiger partial charge in [-0.2, -0.15) is 0 Å². The lowest BCUT2D eigenvalue weighted by Crippen LogP contribution is -2.24. The monoisotopic (exact) mass is 385 g/mol. The summed E-state index contributed by atoms with van der Waals surface area (Å²) in [6.07, 6.45) is 0. The number of esters is 2. The summed E-state index contributed by atoms with van der Waals surface area (Å²) in [6.45, 7) is 3.36. The van der Waals surface area contributed by atoms with E-state index in [4.69, 9.17) is 9.47 Å². The molecule has 0 unspecified atom stereocenters. The van der Waals surface area contributed by atoms with Gasteiger partial charge < -0.3 is 19.5 Å². The van der Waals surface area contributed by atoms with Crippen molar-refractivity contribution in [3.05, 3.63) is 59.7 Å². The van der Waals surface area contributed by atoms with Crippen LogP contribution in [0.3, 0.4) is 0 Å². The second-order valence-electron chi connectivity index (χ2n) is 6.26. The average molecular weight is 385 g/mol. The van der Waals surface area contributed by atoms with Crippen molar-refractivity contribution in [3.8, 4) is 5.75 Å². The molecule has 0 aliphatic rings. The molecule has 7 heteroatoms. The van der Waals surface area contributed by atoms with E-state index in [-0.39, 0.29) is 17.9 Å². The van der Waals surface area contributed by atoms with Crippen LogP contribution in [0.15, 0.2) is 48.5 Å². The molecule has 0 saturated heterocycles. The minimum absolute atomic E-state index is 0.206. The molecular formula is C21H23NO6. The zero-order valence-electron chi connectivity index (χ0n) is 16.1. The lowest BCUT2D eigenvalue weighted by molar-refractivity contribution is -0.149. The number of methoxy groups -OCH3 is 1. The average Bonchev–Trinajstić information content (AvgIpc) is 2.70. The Morgan fingerprint density at radius 2 is 1.64 bits per heavy atom. The topological polar surface area (TPSA) is 90.9 Å². The van der Waals surface area contributed by atoms with Crippen LogP contribution < -0.4 is 10.1 Å². The van der Waals surface area contributed by atoms with Crippen molar-refractivity contribution in [1.82, 2.24) is 0 Å². The highest BCUT2D eigenvalue weighted by Gasteiger charge is 2.14. The molecule has 1 amide bonds. The highest BCUT2D eigenvalue weighted by Crippen LogP contribution is 2.18. The van der Waals surface area contributed by atoms with E-state index in [2.05, 4.69) is 23.9 Å². The van der Waals surface area contributed by atoms with E-state index < -0.39 is 24.5 Å².